The predicted molar refractivity (Wildman–Crippen MR) is 147 cm³/mol. The molecule has 1 aromatic rings. The summed E-state index contributed by atoms with van der Waals surface area (Å²) in [5.41, 5.74) is 0.222. The van der Waals surface area contributed by atoms with Crippen LogP contribution in [0.4, 0.5) is 5.69 Å². The Morgan fingerprint density at radius 3 is 2.41 bits per heavy atom. The van der Waals surface area contributed by atoms with Crippen LogP contribution in [0, 0.1) is 29.1 Å². The fourth-order valence-electron chi connectivity index (χ4n) is 4.88. The molecule has 1 aliphatic carbocycles. The van der Waals surface area contributed by atoms with E-state index in [-0.39, 0.29) is 23.1 Å². The minimum Gasteiger partial charge on any atom is -0.465 e. The molecule has 0 N–H and O–H groups in total. The summed E-state index contributed by atoms with van der Waals surface area (Å²) in [6.45, 7) is 12.3. The van der Waals surface area contributed by atoms with Crippen molar-refractivity contribution in [1.82, 2.24) is 4.90 Å². The van der Waals surface area contributed by atoms with Gasteiger partial charge >= 0.3 is 5.97 Å². The van der Waals surface area contributed by atoms with Crippen molar-refractivity contribution in [3.8, 4) is 11.8 Å². The van der Waals surface area contributed by atoms with E-state index in [0.717, 1.165) is 32.1 Å². The van der Waals surface area contributed by atoms with E-state index >= 15 is 0 Å². The number of rotatable bonds is 7. The summed E-state index contributed by atoms with van der Waals surface area (Å²) >= 11 is 1.22. The highest BCUT2D eigenvalue weighted by atomic mass is 32.1. The standard InChI is InChI=1S/C29H42N2O5S/c1-7-8-23(27(33)30-15-17-36-18-16-30)31(26(32)21-11-9-20(2)10-12-21)24-19-22(13-14-29(3,4)5)37-25(24)28(34)35-6/h19-21,23H,7-12,15-18H2,1-6H3/t20?,21?,23-/m0/s1. The lowest BCUT2D eigenvalue weighted by Gasteiger charge is -2.38. The van der Waals surface area contributed by atoms with E-state index in [1.807, 2.05) is 27.7 Å². The van der Waals surface area contributed by atoms with Crippen molar-refractivity contribution in [2.75, 3.05) is 38.3 Å². The number of thiophene rings is 1. The quantitative estimate of drug-likeness (QED) is 0.361. The second-order valence-corrected chi connectivity index (χ2v) is 12.3. The van der Waals surface area contributed by atoms with E-state index in [9.17, 15) is 14.4 Å². The Labute approximate surface area is 225 Å². The minimum atomic E-state index is -0.698. The second kappa shape index (κ2) is 12.9. The number of nitrogens with zero attached hydrogens (tertiary/aromatic N) is 2. The van der Waals surface area contributed by atoms with Crippen LogP contribution in [0.5, 0.6) is 0 Å². The molecule has 37 heavy (non-hydrogen) atoms. The average molecular weight is 531 g/mol. The molecule has 0 bridgehead atoms. The number of hydrogen-bond donors (Lipinski definition) is 0. The normalized spacial score (nSPS) is 21.0. The molecule has 0 radical (unpaired) electrons. The highest BCUT2D eigenvalue weighted by Crippen LogP contribution is 2.37. The summed E-state index contributed by atoms with van der Waals surface area (Å²) in [6, 6.07) is 1.10. The smallest absolute Gasteiger partial charge is 0.350 e. The summed E-state index contributed by atoms with van der Waals surface area (Å²) in [5.74, 6) is 6.11. The summed E-state index contributed by atoms with van der Waals surface area (Å²) in [4.78, 5) is 45.5. The van der Waals surface area contributed by atoms with Gasteiger partial charge in [-0.05, 0) is 64.9 Å². The number of carbonyl (C=O) groups is 3. The molecule has 0 unspecified atom stereocenters. The molecule has 3 rings (SSSR count). The SMILES string of the molecule is CCC[C@@H](C(=O)N1CCOCC1)N(C(=O)C1CCC(C)CC1)c1cc(C#CC(C)(C)C)sc1C(=O)OC. The monoisotopic (exact) mass is 530 g/mol. The van der Waals surface area contributed by atoms with Gasteiger partial charge in [-0.2, -0.15) is 0 Å². The van der Waals surface area contributed by atoms with E-state index in [1.54, 1.807) is 15.9 Å². The van der Waals surface area contributed by atoms with Crippen LogP contribution in [0.25, 0.3) is 0 Å². The van der Waals surface area contributed by atoms with Crippen molar-refractivity contribution in [3.05, 3.63) is 15.8 Å². The fourth-order valence-corrected chi connectivity index (χ4v) is 5.81. The van der Waals surface area contributed by atoms with Gasteiger partial charge in [0.2, 0.25) is 11.8 Å². The van der Waals surface area contributed by atoms with Gasteiger partial charge < -0.3 is 14.4 Å². The first-order valence-electron chi connectivity index (χ1n) is 13.5. The highest BCUT2D eigenvalue weighted by molar-refractivity contribution is 7.15. The van der Waals surface area contributed by atoms with Crippen molar-refractivity contribution in [3.63, 3.8) is 0 Å². The number of ether oxygens (including phenoxy) is 2. The number of esters is 1. The van der Waals surface area contributed by atoms with Crippen LogP contribution in [0.1, 0.15) is 87.7 Å². The lowest BCUT2D eigenvalue weighted by atomic mass is 9.82. The molecule has 1 aliphatic heterocycles. The van der Waals surface area contributed by atoms with Crippen molar-refractivity contribution in [2.45, 2.75) is 79.2 Å². The third kappa shape index (κ3) is 7.58. The second-order valence-electron chi connectivity index (χ2n) is 11.2. The molecule has 1 atom stereocenters. The van der Waals surface area contributed by atoms with Gasteiger partial charge in [0, 0.05) is 24.4 Å². The molecular weight excluding hydrogens is 488 g/mol. The average Bonchev–Trinajstić information content (AvgIpc) is 3.30. The van der Waals surface area contributed by atoms with Crippen LogP contribution in [0.2, 0.25) is 0 Å². The lowest BCUT2D eigenvalue weighted by molar-refractivity contribution is -0.139. The molecule has 0 aromatic carbocycles. The minimum absolute atomic E-state index is 0.0785. The van der Waals surface area contributed by atoms with Gasteiger partial charge in [-0.1, -0.05) is 32.1 Å². The predicted octanol–water partition coefficient (Wildman–Crippen LogP) is 5.12. The van der Waals surface area contributed by atoms with Gasteiger partial charge in [-0.15, -0.1) is 11.3 Å². The van der Waals surface area contributed by atoms with E-state index in [4.69, 9.17) is 9.47 Å². The van der Waals surface area contributed by atoms with Gasteiger partial charge in [-0.3, -0.25) is 14.5 Å². The molecule has 204 valence electrons. The maximum absolute atomic E-state index is 14.2. The molecular formula is C29H42N2O5S. The number of methoxy groups -OCH3 is 1. The molecule has 2 aliphatic rings. The Bertz CT molecular complexity index is 1020. The summed E-state index contributed by atoms with van der Waals surface area (Å²) in [6.07, 6.45) is 4.77. The third-order valence-corrected chi connectivity index (χ3v) is 8.01. The third-order valence-electron chi connectivity index (χ3n) is 6.99. The number of morpholine rings is 1. The Morgan fingerprint density at radius 2 is 1.84 bits per heavy atom. The first kappa shape index (κ1) is 29.2. The number of carbonyl (C=O) groups excluding carboxylic acids is 3. The lowest BCUT2D eigenvalue weighted by Crippen LogP contribution is -2.55. The topological polar surface area (TPSA) is 76.2 Å². The zero-order chi connectivity index (χ0) is 27.2. The maximum Gasteiger partial charge on any atom is 0.350 e. The Morgan fingerprint density at radius 1 is 1.19 bits per heavy atom. The van der Waals surface area contributed by atoms with Crippen molar-refractivity contribution in [1.29, 1.82) is 0 Å². The molecule has 1 saturated heterocycles. The van der Waals surface area contributed by atoms with Crippen molar-refractivity contribution < 1.29 is 23.9 Å². The van der Waals surface area contributed by atoms with Gasteiger partial charge in [0.05, 0.1) is 30.9 Å². The van der Waals surface area contributed by atoms with E-state index in [2.05, 4.69) is 18.8 Å². The van der Waals surface area contributed by atoms with Crippen LogP contribution in [-0.2, 0) is 19.1 Å². The number of amides is 2. The van der Waals surface area contributed by atoms with E-state index < -0.39 is 12.0 Å². The zero-order valence-corrected chi connectivity index (χ0v) is 24.0. The van der Waals surface area contributed by atoms with Crippen LogP contribution in [-0.4, -0.2) is 62.1 Å². The van der Waals surface area contributed by atoms with Crippen molar-refractivity contribution in [2.24, 2.45) is 17.3 Å². The van der Waals surface area contributed by atoms with Crippen molar-refractivity contribution >= 4 is 34.8 Å². The molecule has 2 heterocycles. The van der Waals surface area contributed by atoms with Crippen LogP contribution in [0.3, 0.4) is 0 Å². The van der Waals surface area contributed by atoms with E-state index in [0.29, 0.717) is 54.1 Å². The molecule has 7 nitrogen and oxygen atoms in total. The fraction of sp³-hybridized carbons (Fsp3) is 0.690. The summed E-state index contributed by atoms with van der Waals surface area (Å²) in [5, 5.41) is 0. The van der Waals surface area contributed by atoms with Gasteiger partial charge in [0.1, 0.15) is 10.9 Å². The Balaban J connectivity index is 2.12. The van der Waals surface area contributed by atoms with Crippen LogP contribution < -0.4 is 4.90 Å². The Hall–Kier alpha value is -2.37. The van der Waals surface area contributed by atoms with Crippen LogP contribution in [0.15, 0.2) is 6.07 Å². The van der Waals surface area contributed by atoms with Gasteiger partial charge in [0.25, 0.3) is 0 Å². The number of hydrogen-bond acceptors (Lipinski definition) is 6. The zero-order valence-electron chi connectivity index (χ0n) is 23.2. The highest BCUT2D eigenvalue weighted by Gasteiger charge is 2.40. The Kier molecular flexibility index (Phi) is 10.2. The number of anilines is 1. The van der Waals surface area contributed by atoms with Gasteiger partial charge in [-0.25, -0.2) is 4.79 Å². The summed E-state index contributed by atoms with van der Waals surface area (Å²) in [7, 11) is 1.34. The molecule has 2 amide bonds. The van der Waals surface area contributed by atoms with Gasteiger partial charge in [0.15, 0.2) is 0 Å². The molecule has 8 heteroatoms. The molecule has 1 aromatic heterocycles. The van der Waals surface area contributed by atoms with Crippen LogP contribution >= 0.6 is 11.3 Å². The first-order valence-corrected chi connectivity index (χ1v) is 14.3. The largest absolute Gasteiger partial charge is 0.465 e. The maximum atomic E-state index is 14.2. The first-order chi connectivity index (χ1) is 17.6. The molecule has 2 fully saturated rings. The summed E-state index contributed by atoms with van der Waals surface area (Å²) < 4.78 is 10.6. The molecule has 1 saturated carbocycles. The van der Waals surface area contributed by atoms with E-state index in [1.165, 1.54) is 18.4 Å². The molecule has 0 spiro atoms.